The van der Waals surface area contributed by atoms with Gasteiger partial charge in [-0.15, -0.1) is 5.10 Å². The summed E-state index contributed by atoms with van der Waals surface area (Å²) in [6.45, 7) is 6.32. The van der Waals surface area contributed by atoms with Crippen LogP contribution in [0.3, 0.4) is 0 Å². The maximum Gasteiger partial charge on any atom is 0.183 e. The van der Waals surface area contributed by atoms with Crippen LogP contribution in [0.2, 0.25) is 0 Å². The van der Waals surface area contributed by atoms with E-state index in [1.54, 1.807) is 23.2 Å². The Morgan fingerprint density at radius 2 is 1.74 bits per heavy atom. The van der Waals surface area contributed by atoms with Gasteiger partial charge in [0.15, 0.2) is 17.1 Å². The van der Waals surface area contributed by atoms with Crippen molar-refractivity contribution < 1.29 is 0 Å². The molecule has 0 aliphatic carbocycles. The molecule has 0 spiro atoms. The zero-order valence-electron chi connectivity index (χ0n) is 15.4. The van der Waals surface area contributed by atoms with Gasteiger partial charge in [0, 0.05) is 29.3 Å². The van der Waals surface area contributed by atoms with Crippen LogP contribution in [0, 0.1) is 20.8 Å². The predicted octanol–water partition coefficient (Wildman–Crippen LogP) is 4.06. The third kappa shape index (κ3) is 2.33. The molecule has 27 heavy (non-hydrogen) atoms. The topological polar surface area (TPSA) is 60.9 Å². The molecular weight excluding hydrogens is 336 g/mol. The zero-order chi connectivity index (χ0) is 18.5. The molecule has 0 N–H and O–H groups in total. The first-order valence-electron chi connectivity index (χ1n) is 8.84. The molecule has 0 saturated carbocycles. The number of benzene rings is 1. The fraction of sp³-hybridized carbons (Fsp3) is 0.143. The lowest BCUT2D eigenvalue weighted by Crippen LogP contribution is -1.99. The van der Waals surface area contributed by atoms with Crippen LogP contribution in [0.25, 0.3) is 33.8 Å². The van der Waals surface area contributed by atoms with Crippen molar-refractivity contribution in [2.75, 3.05) is 0 Å². The van der Waals surface area contributed by atoms with Gasteiger partial charge in [0.25, 0.3) is 0 Å². The lowest BCUT2D eigenvalue weighted by Gasteiger charge is -2.08. The summed E-state index contributed by atoms with van der Waals surface area (Å²) in [5.74, 6) is 0.650. The summed E-state index contributed by atoms with van der Waals surface area (Å²) in [6, 6.07) is 12.3. The fourth-order valence-electron chi connectivity index (χ4n) is 3.49. The van der Waals surface area contributed by atoms with Crippen molar-refractivity contribution >= 4 is 16.7 Å². The van der Waals surface area contributed by atoms with Crippen LogP contribution in [0.15, 0.2) is 55.1 Å². The maximum absolute atomic E-state index is 4.79. The minimum Gasteiger partial charge on any atom is -0.298 e. The fourth-order valence-corrected chi connectivity index (χ4v) is 3.49. The average Bonchev–Trinajstić information content (AvgIpc) is 3.23. The number of fused-ring (bicyclic) bond motifs is 3. The molecule has 0 aliphatic rings. The molecule has 0 aliphatic heterocycles. The normalized spacial score (nSPS) is 11.5. The van der Waals surface area contributed by atoms with E-state index in [2.05, 4.69) is 59.7 Å². The van der Waals surface area contributed by atoms with Crippen molar-refractivity contribution in [3.63, 3.8) is 0 Å². The summed E-state index contributed by atoms with van der Waals surface area (Å²) in [6.07, 6.45) is 5.25. The van der Waals surface area contributed by atoms with Gasteiger partial charge in [-0.2, -0.15) is 0 Å². The van der Waals surface area contributed by atoms with E-state index in [-0.39, 0.29) is 0 Å². The molecule has 5 rings (SSSR count). The van der Waals surface area contributed by atoms with E-state index in [0.29, 0.717) is 5.82 Å². The van der Waals surface area contributed by atoms with E-state index in [1.807, 2.05) is 12.1 Å². The molecule has 0 saturated heterocycles. The van der Waals surface area contributed by atoms with Crippen molar-refractivity contribution in [2.24, 2.45) is 0 Å². The highest BCUT2D eigenvalue weighted by atomic mass is 15.3. The second kappa shape index (κ2) is 5.74. The predicted molar refractivity (Wildman–Crippen MR) is 105 cm³/mol. The molecule has 5 aromatic rings. The van der Waals surface area contributed by atoms with E-state index in [0.717, 1.165) is 39.2 Å². The molecule has 0 unspecified atom stereocenters. The van der Waals surface area contributed by atoms with Crippen LogP contribution in [0.4, 0.5) is 0 Å². The molecule has 6 nitrogen and oxygen atoms in total. The van der Waals surface area contributed by atoms with Crippen molar-refractivity contribution in [3.05, 3.63) is 71.9 Å². The van der Waals surface area contributed by atoms with Crippen LogP contribution in [-0.2, 0) is 0 Å². The van der Waals surface area contributed by atoms with Gasteiger partial charge >= 0.3 is 0 Å². The summed E-state index contributed by atoms with van der Waals surface area (Å²) in [5.41, 5.74) is 7.24. The molecule has 4 aromatic heterocycles. The number of nitrogens with zero attached hydrogens (tertiary/aromatic N) is 6. The highest BCUT2D eigenvalue weighted by molar-refractivity contribution is 5.95. The van der Waals surface area contributed by atoms with E-state index in [4.69, 9.17) is 9.97 Å². The Bertz CT molecular complexity index is 1280. The Balaban J connectivity index is 1.80. The van der Waals surface area contributed by atoms with Gasteiger partial charge in [0.1, 0.15) is 6.33 Å². The molecule has 0 fully saturated rings. The third-order valence-corrected chi connectivity index (χ3v) is 5.04. The molecule has 132 valence electrons. The number of rotatable bonds is 2. The minimum atomic E-state index is 0.650. The summed E-state index contributed by atoms with van der Waals surface area (Å²) < 4.78 is 3.93. The Morgan fingerprint density at radius 3 is 2.48 bits per heavy atom. The van der Waals surface area contributed by atoms with E-state index >= 15 is 0 Å². The van der Waals surface area contributed by atoms with Crippen LogP contribution < -0.4 is 0 Å². The van der Waals surface area contributed by atoms with Crippen molar-refractivity contribution in [2.45, 2.75) is 20.8 Å². The highest BCUT2D eigenvalue weighted by Gasteiger charge is 2.19. The third-order valence-electron chi connectivity index (χ3n) is 5.04. The Kier molecular flexibility index (Phi) is 3.33. The summed E-state index contributed by atoms with van der Waals surface area (Å²) in [4.78, 5) is 13.7. The molecule has 6 heteroatoms. The van der Waals surface area contributed by atoms with Gasteiger partial charge in [0.2, 0.25) is 0 Å². The van der Waals surface area contributed by atoms with Crippen molar-refractivity contribution in [1.29, 1.82) is 0 Å². The van der Waals surface area contributed by atoms with E-state index < -0.39 is 0 Å². The van der Waals surface area contributed by atoms with Crippen LogP contribution >= 0.6 is 0 Å². The monoisotopic (exact) mass is 354 g/mol. The first-order valence-corrected chi connectivity index (χ1v) is 8.84. The highest BCUT2D eigenvalue weighted by Crippen LogP contribution is 2.30. The van der Waals surface area contributed by atoms with Crippen LogP contribution in [0.5, 0.6) is 0 Å². The van der Waals surface area contributed by atoms with Gasteiger partial charge < -0.3 is 0 Å². The summed E-state index contributed by atoms with van der Waals surface area (Å²) in [5, 5.41) is 5.62. The average molecular weight is 354 g/mol. The lowest BCUT2D eigenvalue weighted by atomic mass is 10.2. The number of aryl methyl sites for hydroxylation is 2. The quantitative estimate of drug-likeness (QED) is 0.480. The van der Waals surface area contributed by atoms with Crippen molar-refractivity contribution in [1.82, 2.24) is 29.1 Å². The maximum atomic E-state index is 4.79. The van der Waals surface area contributed by atoms with Crippen LogP contribution in [-0.4, -0.2) is 29.1 Å². The Hall–Kier alpha value is -3.54. The Morgan fingerprint density at radius 1 is 0.926 bits per heavy atom. The first kappa shape index (κ1) is 15.7. The van der Waals surface area contributed by atoms with Gasteiger partial charge in [-0.25, -0.2) is 14.5 Å². The lowest BCUT2D eigenvalue weighted by molar-refractivity contribution is 0.926. The number of pyridine rings is 1. The van der Waals surface area contributed by atoms with Crippen molar-refractivity contribution in [3.8, 4) is 17.1 Å². The standard InChI is InChI=1S/C21H18N6/c1-13-6-8-17(9-7-13)27-15(3)14(2)18-20(27)23-12-26-21(18)24-19(25-26)16-5-4-10-22-11-16/h4-12H,1-3H3. The molecule has 0 radical (unpaired) electrons. The smallest absolute Gasteiger partial charge is 0.183 e. The summed E-state index contributed by atoms with van der Waals surface area (Å²) in [7, 11) is 0. The molecule has 1 aromatic carbocycles. The van der Waals surface area contributed by atoms with Gasteiger partial charge in [-0.3, -0.25) is 9.55 Å². The first-order chi connectivity index (χ1) is 13.1. The Labute approximate surface area is 156 Å². The SMILES string of the molecule is Cc1ccc(-n2c(C)c(C)c3c2ncn2nc(-c4cccnc4)nc32)cc1. The molecule has 0 bridgehead atoms. The molecular formula is C21H18N6. The van der Waals surface area contributed by atoms with Gasteiger partial charge in [-0.05, 0) is 50.6 Å². The largest absolute Gasteiger partial charge is 0.298 e. The van der Waals surface area contributed by atoms with E-state index in [9.17, 15) is 0 Å². The van der Waals surface area contributed by atoms with Crippen LogP contribution in [0.1, 0.15) is 16.8 Å². The minimum absolute atomic E-state index is 0.650. The summed E-state index contributed by atoms with van der Waals surface area (Å²) >= 11 is 0. The number of hydrogen-bond donors (Lipinski definition) is 0. The van der Waals surface area contributed by atoms with Gasteiger partial charge in [-0.1, -0.05) is 17.7 Å². The molecule has 0 atom stereocenters. The molecule has 4 heterocycles. The van der Waals surface area contributed by atoms with E-state index in [1.165, 1.54) is 5.56 Å². The second-order valence-corrected chi connectivity index (χ2v) is 6.77. The second-order valence-electron chi connectivity index (χ2n) is 6.77. The number of aromatic nitrogens is 6. The van der Waals surface area contributed by atoms with Gasteiger partial charge in [0.05, 0.1) is 5.39 Å². The zero-order valence-corrected chi connectivity index (χ0v) is 15.4. The molecule has 0 amide bonds. The number of hydrogen-bond acceptors (Lipinski definition) is 4.